The Morgan fingerprint density at radius 3 is 2.18 bits per heavy atom. The molecule has 2 heterocycles. The number of imide groups is 1. The number of hydrogen-bond acceptors (Lipinski definition) is 4. The van der Waals surface area contributed by atoms with Gasteiger partial charge in [-0.05, 0) is 5.41 Å². The number of rotatable bonds is 2. The first-order valence-corrected chi connectivity index (χ1v) is 6.11. The number of nitrogens with zero attached hydrogens (tertiary/aromatic N) is 2. The second kappa shape index (κ2) is 4.74. The molecule has 0 N–H and O–H groups in total. The predicted octanol–water partition coefficient (Wildman–Crippen LogP) is 0.451. The average Bonchev–Trinajstić information content (AvgIpc) is 2.24. The molecule has 0 aromatic heterocycles. The maximum atomic E-state index is 11.9. The van der Waals surface area contributed by atoms with Crippen LogP contribution in [0, 0.1) is 5.41 Å². The summed E-state index contributed by atoms with van der Waals surface area (Å²) in [7, 11) is 0. The van der Waals surface area contributed by atoms with Gasteiger partial charge in [-0.2, -0.15) is 0 Å². The van der Waals surface area contributed by atoms with Crippen molar-refractivity contribution < 1.29 is 14.3 Å². The van der Waals surface area contributed by atoms with E-state index in [-0.39, 0.29) is 17.2 Å². The first-order chi connectivity index (χ1) is 7.98. The van der Waals surface area contributed by atoms with Crippen molar-refractivity contribution in [3.8, 4) is 0 Å². The molecule has 2 aliphatic rings. The highest BCUT2D eigenvalue weighted by Gasteiger charge is 2.37. The van der Waals surface area contributed by atoms with Crippen LogP contribution in [0.4, 0.5) is 0 Å². The minimum Gasteiger partial charge on any atom is -0.379 e. The molecule has 0 aromatic carbocycles. The molecular formula is C12H20N2O3. The lowest BCUT2D eigenvalue weighted by Crippen LogP contribution is -2.52. The van der Waals surface area contributed by atoms with E-state index in [4.69, 9.17) is 4.74 Å². The van der Waals surface area contributed by atoms with Crippen LogP contribution in [0.15, 0.2) is 0 Å². The first-order valence-electron chi connectivity index (χ1n) is 6.11. The fourth-order valence-electron chi connectivity index (χ4n) is 2.31. The van der Waals surface area contributed by atoms with Crippen LogP contribution in [0.5, 0.6) is 0 Å². The average molecular weight is 240 g/mol. The van der Waals surface area contributed by atoms with Crippen molar-refractivity contribution in [1.29, 1.82) is 0 Å². The Balaban J connectivity index is 1.96. The number of piperidine rings is 1. The SMILES string of the molecule is CC1(C)CC(=O)N(CN2CCOCC2)C(=O)C1. The Bertz CT molecular complexity index is 302. The summed E-state index contributed by atoms with van der Waals surface area (Å²) in [5.74, 6) is -0.0875. The van der Waals surface area contributed by atoms with Crippen LogP contribution in [0.2, 0.25) is 0 Å². The lowest BCUT2D eigenvalue weighted by atomic mass is 9.82. The van der Waals surface area contributed by atoms with Crippen molar-refractivity contribution in [2.45, 2.75) is 26.7 Å². The fourth-order valence-corrected chi connectivity index (χ4v) is 2.31. The largest absolute Gasteiger partial charge is 0.379 e. The highest BCUT2D eigenvalue weighted by atomic mass is 16.5. The first kappa shape index (κ1) is 12.5. The zero-order valence-corrected chi connectivity index (χ0v) is 10.6. The minimum atomic E-state index is -0.185. The summed E-state index contributed by atoms with van der Waals surface area (Å²) < 4.78 is 5.25. The van der Waals surface area contributed by atoms with Crippen LogP contribution < -0.4 is 0 Å². The Kier molecular flexibility index (Phi) is 3.49. The van der Waals surface area contributed by atoms with E-state index in [1.54, 1.807) is 0 Å². The quantitative estimate of drug-likeness (QED) is 0.658. The molecule has 96 valence electrons. The second-order valence-electron chi connectivity index (χ2n) is 5.61. The molecule has 0 unspecified atom stereocenters. The van der Waals surface area contributed by atoms with E-state index in [0.717, 1.165) is 13.1 Å². The summed E-state index contributed by atoms with van der Waals surface area (Å²) >= 11 is 0. The van der Waals surface area contributed by atoms with Crippen LogP contribution in [0.25, 0.3) is 0 Å². The van der Waals surface area contributed by atoms with Crippen LogP contribution in [-0.2, 0) is 14.3 Å². The maximum Gasteiger partial charge on any atom is 0.230 e. The third-order valence-electron chi connectivity index (χ3n) is 3.31. The third kappa shape index (κ3) is 3.04. The molecule has 2 aliphatic heterocycles. The monoisotopic (exact) mass is 240 g/mol. The molecule has 0 atom stereocenters. The molecule has 2 rings (SSSR count). The summed E-state index contributed by atoms with van der Waals surface area (Å²) in [6.45, 7) is 7.31. The van der Waals surface area contributed by atoms with Gasteiger partial charge in [-0.3, -0.25) is 19.4 Å². The van der Waals surface area contributed by atoms with Gasteiger partial charge in [0.05, 0.1) is 19.9 Å². The fraction of sp³-hybridized carbons (Fsp3) is 0.833. The molecule has 0 aliphatic carbocycles. The molecule has 2 fully saturated rings. The summed E-state index contributed by atoms with van der Waals surface area (Å²) in [5, 5.41) is 0. The molecule has 5 nitrogen and oxygen atoms in total. The molecule has 0 spiro atoms. The number of likely N-dealkylation sites (tertiary alicyclic amines) is 1. The maximum absolute atomic E-state index is 11.9. The normalized spacial score (nSPS) is 26.4. The van der Waals surface area contributed by atoms with E-state index in [0.29, 0.717) is 32.7 Å². The number of morpholine rings is 1. The van der Waals surface area contributed by atoms with Crippen LogP contribution in [0.1, 0.15) is 26.7 Å². The Labute approximate surface area is 102 Å². The zero-order valence-electron chi connectivity index (χ0n) is 10.6. The third-order valence-corrected chi connectivity index (χ3v) is 3.31. The van der Waals surface area contributed by atoms with E-state index in [2.05, 4.69) is 4.90 Å². The predicted molar refractivity (Wildman–Crippen MR) is 62.1 cm³/mol. The number of amides is 2. The van der Waals surface area contributed by atoms with Gasteiger partial charge in [0.1, 0.15) is 0 Å². The lowest BCUT2D eigenvalue weighted by molar-refractivity contribution is -0.156. The van der Waals surface area contributed by atoms with Crippen molar-refractivity contribution >= 4 is 11.8 Å². The van der Waals surface area contributed by atoms with Crippen LogP contribution in [0.3, 0.4) is 0 Å². The summed E-state index contributed by atoms with van der Waals surface area (Å²) in [6, 6.07) is 0. The zero-order chi connectivity index (χ0) is 12.5. The van der Waals surface area contributed by atoms with Crippen LogP contribution in [-0.4, -0.2) is 54.6 Å². The number of ether oxygens (including phenoxy) is 1. The molecule has 0 radical (unpaired) electrons. The second-order valence-corrected chi connectivity index (χ2v) is 5.61. The summed E-state index contributed by atoms with van der Waals surface area (Å²) in [5.41, 5.74) is -0.185. The van der Waals surface area contributed by atoms with Gasteiger partial charge in [-0.15, -0.1) is 0 Å². The van der Waals surface area contributed by atoms with Gasteiger partial charge in [0.15, 0.2) is 0 Å². The van der Waals surface area contributed by atoms with E-state index in [9.17, 15) is 9.59 Å². The van der Waals surface area contributed by atoms with Gasteiger partial charge in [0.25, 0.3) is 0 Å². The van der Waals surface area contributed by atoms with Gasteiger partial charge in [-0.25, -0.2) is 0 Å². The highest BCUT2D eigenvalue weighted by Crippen LogP contribution is 2.31. The van der Waals surface area contributed by atoms with E-state index < -0.39 is 0 Å². The molecule has 2 saturated heterocycles. The topological polar surface area (TPSA) is 49.9 Å². The molecule has 5 heteroatoms. The van der Waals surface area contributed by atoms with Gasteiger partial charge < -0.3 is 4.74 Å². The smallest absolute Gasteiger partial charge is 0.230 e. The van der Waals surface area contributed by atoms with Gasteiger partial charge >= 0.3 is 0 Å². The Morgan fingerprint density at radius 2 is 1.65 bits per heavy atom. The molecule has 17 heavy (non-hydrogen) atoms. The van der Waals surface area contributed by atoms with Crippen molar-refractivity contribution in [2.75, 3.05) is 33.0 Å². The molecular weight excluding hydrogens is 220 g/mol. The Hall–Kier alpha value is -0.940. The molecule has 0 bridgehead atoms. The number of carbonyl (C=O) groups is 2. The standard InChI is InChI=1S/C12H20N2O3/c1-12(2)7-10(15)14(11(16)8-12)9-13-3-5-17-6-4-13/h3-9H2,1-2H3. The number of carbonyl (C=O) groups excluding carboxylic acids is 2. The van der Waals surface area contributed by atoms with Gasteiger partial charge in [0.2, 0.25) is 11.8 Å². The molecule has 0 saturated carbocycles. The minimum absolute atomic E-state index is 0.0438. The molecule has 0 aromatic rings. The van der Waals surface area contributed by atoms with E-state index in [1.807, 2.05) is 13.8 Å². The van der Waals surface area contributed by atoms with Crippen LogP contribution >= 0.6 is 0 Å². The van der Waals surface area contributed by atoms with Crippen molar-refractivity contribution in [2.24, 2.45) is 5.41 Å². The number of hydrogen-bond donors (Lipinski definition) is 0. The van der Waals surface area contributed by atoms with Crippen molar-refractivity contribution in [3.63, 3.8) is 0 Å². The van der Waals surface area contributed by atoms with Crippen molar-refractivity contribution in [1.82, 2.24) is 9.80 Å². The van der Waals surface area contributed by atoms with Gasteiger partial charge in [-0.1, -0.05) is 13.8 Å². The lowest BCUT2D eigenvalue weighted by Gasteiger charge is -2.38. The molecule has 2 amide bonds. The van der Waals surface area contributed by atoms with Crippen molar-refractivity contribution in [3.05, 3.63) is 0 Å². The van der Waals surface area contributed by atoms with E-state index in [1.165, 1.54) is 4.90 Å². The Morgan fingerprint density at radius 1 is 1.12 bits per heavy atom. The van der Waals surface area contributed by atoms with Gasteiger partial charge in [0, 0.05) is 25.9 Å². The highest BCUT2D eigenvalue weighted by molar-refractivity contribution is 5.98. The summed E-state index contributed by atoms with van der Waals surface area (Å²) in [6.07, 6.45) is 0.923. The summed E-state index contributed by atoms with van der Waals surface area (Å²) in [4.78, 5) is 27.4. The van der Waals surface area contributed by atoms with E-state index >= 15 is 0 Å².